The van der Waals surface area contributed by atoms with Gasteiger partial charge in [0.25, 0.3) is 0 Å². The number of nitrogens with zero attached hydrogens (tertiary/aromatic N) is 5. The number of hydrogen-bond donors (Lipinski definition) is 0. The molecule has 7 nitrogen and oxygen atoms in total. The van der Waals surface area contributed by atoms with E-state index < -0.39 is 0 Å². The van der Waals surface area contributed by atoms with E-state index in [0.29, 0.717) is 25.5 Å². The Morgan fingerprint density at radius 3 is 2.70 bits per heavy atom. The van der Waals surface area contributed by atoms with Gasteiger partial charge in [0.1, 0.15) is 11.5 Å². The van der Waals surface area contributed by atoms with Crippen LogP contribution in [0.25, 0.3) is 0 Å². The molecule has 7 heteroatoms. The summed E-state index contributed by atoms with van der Waals surface area (Å²) in [7, 11) is 0. The SMILES string of the molecule is Cc1ccc([N+](=O)[O-])c(N2CCn3c(C#Cc4ccccc4)cnc3C2)n1. The number of hydrogen-bond acceptors (Lipinski definition) is 5. The van der Waals surface area contributed by atoms with E-state index in [1.165, 1.54) is 6.07 Å². The monoisotopic (exact) mass is 359 g/mol. The molecule has 27 heavy (non-hydrogen) atoms. The Morgan fingerprint density at radius 1 is 1.11 bits per heavy atom. The van der Waals surface area contributed by atoms with E-state index >= 15 is 0 Å². The fraction of sp³-hybridized carbons (Fsp3) is 0.200. The number of imidazole rings is 1. The van der Waals surface area contributed by atoms with E-state index in [0.717, 1.165) is 22.8 Å². The zero-order valence-corrected chi connectivity index (χ0v) is 14.8. The molecule has 134 valence electrons. The molecule has 3 heterocycles. The van der Waals surface area contributed by atoms with Gasteiger partial charge in [-0.2, -0.15) is 0 Å². The van der Waals surface area contributed by atoms with Crippen LogP contribution in [0, 0.1) is 28.9 Å². The summed E-state index contributed by atoms with van der Waals surface area (Å²) in [6, 6.07) is 13.0. The molecule has 0 atom stereocenters. The quantitative estimate of drug-likeness (QED) is 0.399. The number of fused-ring (bicyclic) bond motifs is 1. The van der Waals surface area contributed by atoms with Crippen LogP contribution in [-0.2, 0) is 13.1 Å². The van der Waals surface area contributed by atoms with Gasteiger partial charge in [-0.15, -0.1) is 0 Å². The van der Waals surface area contributed by atoms with Crippen molar-refractivity contribution in [1.29, 1.82) is 0 Å². The topological polar surface area (TPSA) is 77.1 Å². The summed E-state index contributed by atoms with van der Waals surface area (Å²) in [6.45, 7) is 3.56. The highest BCUT2D eigenvalue weighted by Crippen LogP contribution is 2.29. The van der Waals surface area contributed by atoms with Gasteiger partial charge in [-0.25, -0.2) is 9.97 Å². The highest BCUT2D eigenvalue weighted by molar-refractivity contribution is 5.58. The normalized spacial score (nSPS) is 12.9. The Labute approximate surface area is 156 Å². The highest BCUT2D eigenvalue weighted by atomic mass is 16.6. The van der Waals surface area contributed by atoms with Crippen LogP contribution in [0.4, 0.5) is 11.5 Å². The maximum absolute atomic E-state index is 11.3. The minimum atomic E-state index is -0.389. The number of anilines is 1. The summed E-state index contributed by atoms with van der Waals surface area (Å²) in [5, 5.41) is 11.3. The lowest BCUT2D eigenvalue weighted by Gasteiger charge is -2.28. The maximum Gasteiger partial charge on any atom is 0.311 e. The second-order valence-electron chi connectivity index (χ2n) is 6.30. The van der Waals surface area contributed by atoms with E-state index in [1.54, 1.807) is 12.3 Å². The second-order valence-corrected chi connectivity index (χ2v) is 6.30. The van der Waals surface area contributed by atoms with Gasteiger partial charge in [-0.05, 0) is 31.0 Å². The Balaban J connectivity index is 1.61. The molecule has 4 rings (SSSR count). The van der Waals surface area contributed by atoms with Gasteiger partial charge in [0.2, 0.25) is 5.82 Å². The molecular weight excluding hydrogens is 342 g/mol. The fourth-order valence-corrected chi connectivity index (χ4v) is 3.11. The van der Waals surface area contributed by atoms with E-state index in [1.807, 2.05) is 42.2 Å². The van der Waals surface area contributed by atoms with Crippen LogP contribution in [0.15, 0.2) is 48.7 Å². The van der Waals surface area contributed by atoms with Gasteiger partial charge >= 0.3 is 5.69 Å². The van der Waals surface area contributed by atoms with Gasteiger partial charge in [-0.1, -0.05) is 24.1 Å². The molecule has 0 saturated heterocycles. The van der Waals surface area contributed by atoms with Crippen molar-refractivity contribution in [3.8, 4) is 11.8 Å². The minimum absolute atomic E-state index is 0.0182. The number of aromatic nitrogens is 3. The third kappa shape index (κ3) is 3.37. The number of nitro groups is 1. The molecule has 2 aromatic heterocycles. The summed E-state index contributed by atoms with van der Waals surface area (Å²) >= 11 is 0. The van der Waals surface area contributed by atoms with Crippen LogP contribution >= 0.6 is 0 Å². The lowest BCUT2D eigenvalue weighted by atomic mass is 10.2. The van der Waals surface area contributed by atoms with Crippen molar-refractivity contribution < 1.29 is 4.92 Å². The first-order chi connectivity index (χ1) is 13.1. The molecule has 1 aliphatic heterocycles. The fourth-order valence-electron chi connectivity index (χ4n) is 3.11. The Bertz CT molecular complexity index is 1060. The number of benzene rings is 1. The summed E-state index contributed by atoms with van der Waals surface area (Å²) < 4.78 is 2.06. The van der Waals surface area contributed by atoms with Gasteiger partial charge in [0.05, 0.1) is 17.7 Å². The summed E-state index contributed by atoms with van der Waals surface area (Å²) in [6.07, 6.45) is 1.76. The number of aryl methyl sites for hydroxylation is 1. The second kappa shape index (κ2) is 6.92. The molecule has 0 N–H and O–H groups in total. The molecule has 1 aliphatic rings. The molecule has 1 aromatic carbocycles. The van der Waals surface area contributed by atoms with Crippen LogP contribution in [0.1, 0.15) is 22.8 Å². The van der Waals surface area contributed by atoms with Crippen LogP contribution in [0.5, 0.6) is 0 Å². The van der Waals surface area contributed by atoms with E-state index in [2.05, 4.69) is 26.4 Å². The van der Waals surface area contributed by atoms with Crippen molar-refractivity contribution in [3.05, 3.63) is 81.6 Å². The molecule has 0 amide bonds. The Kier molecular flexibility index (Phi) is 4.30. The molecule has 0 fully saturated rings. The van der Waals surface area contributed by atoms with E-state index in [9.17, 15) is 10.1 Å². The maximum atomic E-state index is 11.3. The van der Waals surface area contributed by atoms with Crippen LogP contribution in [0.3, 0.4) is 0 Å². The van der Waals surface area contributed by atoms with Gasteiger partial charge in [0.15, 0.2) is 0 Å². The largest absolute Gasteiger partial charge is 0.342 e. The predicted molar refractivity (Wildman–Crippen MR) is 101 cm³/mol. The van der Waals surface area contributed by atoms with E-state index in [-0.39, 0.29) is 10.6 Å². The van der Waals surface area contributed by atoms with Crippen LogP contribution in [-0.4, -0.2) is 26.0 Å². The molecule has 0 aliphatic carbocycles. The summed E-state index contributed by atoms with van der Waals surface area (Å²) in [5.41, 5.74) is 2.56. The number of pyridine rings is 1. The van der Waals surface area contributed by atoms with Crippen molar-refractivity contribution in [2.24, 2.45) is 0 Å². The van der Waals surface area contributed by atoms with Crippen molar-refractivity contribution in [2.45, 2.75) is 20.0 Å². The average Bonchev–Trinajstić information content (AvgIpc) is 3.09. The third-order valence-corrected chi connectivity index (χ3v) is 4.46. The lowest BCUT2D eigenvalue weighted by Crippen LogP contribution is -2.35. The number of rotatable bonds is 2. The minimum Gasteiger partial charge on any atom is -0.342 e. The smallest absolute Gasteiger partial charge is 0.311 e. The average molecular weight is 359 g/mol. The molecule has 0 radical (unpaired) electrons. The van der Waals surface area contributed by atoms with E-state index in [4.69, 9.17) is 0 Å². The van der Waals surface area contributed by atoms with Crippen molar-refractivity contribution >= 4 is 11.5 Å². The van der Waals surface area contributed by atoms with Gasteiger partial charge < -0.3 is 9.47 Å². The van der Waals surface area contributed by atoms with Crippen molar-refractivity contribution in [2.75, 3.05) is 11.4 Å². The van der Waals surface area contributed by atoms with Gasteiger partial charge in [-0.3, -0.25) is 10.1 Å². The lowest BCUT2D eigenvalue weighted by molar-refractivity contribution is -0.384. The predicted octanol–water partition coefficient (Wildman–Crippen LogP) is 2.91. The third-order valence-electron chi connectivity index (χ3n) is 4.46. The first-order valence-corrected chi connectivity index (χ1v) is 8.60. The Hall–Kier alpha value is -3.66. The summed E-state index contributed by atoms with van der Waals surface area (Å²) in [4.78, 5) is 21.7. The standard InChI is InChI=1S/C20H17N5O2/c1-15-7-10-18(25(26)27)20(22-15)23-11-12-24-17(13-21-19(24)14-23)9-8-16-5-3-2-4-6-16/h2-7,10,13H,11-12,14H2,1H3. The zero-order chi connectivity index (χ0) is 18.8. The first-order valence-electron chi connectivity index (χ1n) is 8.60. The highest BCUT2D eigenvalue weighted by Gasteiger charge is 2.26. The van der Waals surface area contributed by atoms with Gasteiger partial charge in [0, 0.05) is 30.4 Å². The zero-order valence-electron chi connectivity index (χ0n) is 14.8. The molecule has 3 aromatic rings. The molecule has 0 bridgehead atoms. The molecule has 0 spiro atoms. The molecule has 0 saturated carbocycles. The van der Waals surface area contributed by atoms with Crippen LogP contribution < -0.4 is 4.90 Å². The summed E-state index contributed by atoms with van der Waals surface area (Å²) in [5.74, 6) is 7.54. The Morgan fingerprint density at radius 2 is 1.93 bits per heavy atom. The van der Waals surface area contributed by atoms with Crippen molar-refractivity contribution in [1.82, 2.24) is 14.5 Å². The molecular formula is C20H17N5O2. The van der Waals surface area contributed by atoms with Crippen LogP contribution in [0.2, 0.25) is 0 Å². The van der Waals surface area contributed by atoms with Crippen molar-refractivity contribution in [3.63, 3.8) is 0 Å². The molecule has 0 unspecified atom stereocenters. The first kappa shape index (κ1) is 16.8.